The van der Waals surface area contributed by atoms with Crippen molar-refractivity contribution < 1.29 is 13.9 Å². The standard InChI is InChI=1S/C20H19BrFN5O2/c1-3-15(16-7-8-24-20(21)27-16)26-19(28)13-6-5-12(9-14(13)22)17-10-23-11-18(25-17)29-4-2/h5-11,15H,3-4H2,1-2H3,(H,26,28). The molecule has 7 nitrogen and oxygen atoms in total. The van der Waals surface area contributed by atoms with Gasteiger partial charge < -0.3 is 10.1 Å². The molecule has 9 heteroatoms. The number of hydrogen-bond acceptors (Lipinski definition) is 6. The molecule has 1 unspecified atom stereocenters. The Morgan fingerprint density at radius 2 is 2.07 bits per heavy atom. The summed E-state index contributed by atoms with van der Waals surface area (Å²) in [7, 11) is 0. The minimum absolute atomic E-state index is 0.0609. The van der Waals surface area contributed by atoms with Gasteiger partial charge in [-0.25, -0.2) is 19.3 Å². The maximum absolute atomic E-state index is 14.7. The van der Waals surface area contributed by atoms with Gasteiger partial charge in [-0.2, -0.15) is 0 Å². The summed E-state index contributed by atoms with van der Waals surface area (Å²) in [5.41, 5.74) is 1.54. The molecule has 29 heavy (non-hydrogen) atoms. The lowest BCUT2D eigenvalue weighted by Crippen LogP contribution is -2.29. The van der Waals surface area contributed by atoms with Crippen molar-refractivity contribution in [1.29, 1.82) is 0 Å². The van der Waals surface area contributed by atoms with Crippen molar-refractivity contribution in [2.75, 3.05) is 6.61 Å². The number of carbonyl (C=O) groups is 1. The second kappa shape index (κ2) is 9.51. The van der Waals surface area contributed by atoms with E-state index in [4.69, 9.17) is 4.74 Å². The average molecular weight is 460 g/mol. The number of nitrogens with one attached hydrogen (secondary N) is 1. The summed E-state index contributed by atoms with van der Waals surface area (Å²) in [6.45, 7) is 4.20. The maximum Gasteiger partial charge on any atom is 0.254 e. The van der Waals surface area contributed by atoms with E-state index in [1.807, 2.05) is 13.8 Å². The molecule has 1 aromatic carbocycles. The van der Waals surface area contributed by atoms with Crippen molar-refractivity contribution in [1.82, 2.24) is 25.3 Å². The summed E-state index contributed by atoms with van der Waals surface area (Å²) in [6, 6.07) is 5.66. The second-order valence-electron chi connectivity index (χ2n) is 6.06. The van der Waals surface area contributed by atoms with Gasteiger partial charge in [-0.1, -0.05) is 13.0 Å². The molecule has 0 saturated heterocycles. The predicted molar refractivity (Wildman–Crippen MR) is 109 cm³/mol. The van der Waals surface area contributed by atoms with E-state index in [2.05, 4.69) is 41.2 Å². The molecular weight excluding hydrogens is 441 g/mol. The highest BCUT2D eigenvalue weighted by Crippen LogP contribution is 2.23. The van der Waals surface area contributed by atoms with Gasteiger partial charge in [-0.15, -0.1) is 0 Å². The number of carbonyl (C=O) groups excluding carboxylic acids is 1. The summed E-state index contributed by atoms with van der Waals surface area (Å²) in [5.74, 6) is -0.818. The zero-order chi connectivity index (χ0) is 20.8. The number of ether oxygens (including phenoxy) is 1. The average Bonchev–Trinajstić information content (AvgIpc) is 2.72. The lowest BCUT2D eigenvalue weighted by molar-refractivity contribution is 0.0930. The first kappa shape index (κ1) is 20.8. The van der Waals surface area contributed by atoms with Crippen molar-refractivity contribution in [3.05, 3.63) is 64.7 Å². The Hall–Kier alpha value is -2.94. The number of aromatic nitrogens is 4. The van der Waals surface area contributed by atoms with Crippen LogP contribution in [0.5, 0.6) is 5.88 Å². The third-order valence-corrected chi connectivity index (χ3v) is 4.51. The fourth-order valence-electron chi connectivity index (χ4n) is 2.73. The number of amides is 1. The van der Waals surface area contributed by atoms with Crippen LogP contribution in [0, 0.1) is 5.82 Å². The van der Waals surface area contributed by atoms with Gasteiger partial charge in [0.05, 0.1) is 42.0 Å². The predicted octanol–water partition coefficient (Wildman–Crippen LogP) is 4.12. The zero-order valence-electron chi connectivity index (χ0n) is 15.9. The smallest absolute Gasteiger partial charge is 0.254 e. The minimum atomic E-state index is -0.651. The normalized spacial score (nSPS) is 11.7. The number of nitrogens with zero attached hydrogens (tertiary/aromatic N) is 4. The van der Waals surface area contributed by atoms with Gasteiger partial charge in [0.1, 0.15) is 5.82 Å². The van der Waals surface area contributed by atoms with Crippen molar-refractivity contribution in [2.24, 2.45) is 0 Å². The minimum Gasteiger partial charge on any atom is -0.477 e. The first-order chi connectivity index (χ1) is 14.0. The third-order valence-electron chi connectivity index (χ3n) is 4.13. The van der Waals surface area contributed by atoms with Gasteiger partial charge in [-0.05, 0) is 47.5 Å². The molecule has 0 spiro atoms. The molecule has 0 aliphatic heterocycles. The topological polar surface area (TPSA) is 89.9 Å². The Morgan fingerprint density at radius 1 is 1.24 bits per heavy atom. The van der Waals surface area contributed by atoms with E-state index in [0.717, 1.165) is 0 Å². The van der Waals surface area contributed by atoms with Gasteiger partial charge in [0, 0.05) is 11.8 Å². The fraction of sp³-hybridized carbons (Fsp3) is 0.250. The molecule has 0 aliphatic carbocycles. The van der Waals surface area contributed by atoms with E-state index in [1.54, 1.807) is 18.3 Å². The fourth-order valence-corrected chi connectivity index (χ4v) is 3.05. The van der Waals surface area contributed by atoms with Gasteiger partial charge >= 0.3 is 0 Å². The zero-order valence-corrected chi connectivity index (χ0v) is 17.5. The Bertz CT molecular complexity index is 1020. The van der Waals surface area contributed by atoms with Crippen LogP contribution in [0.25, 0.3) is 11.3 Å². The van der Waals surface area contributed by atoms with E-state index >= 15 is 0 Å². The SMILES string of the molecule is CCOc1cncc(-c2ccc(C(=O)NC(CC)c3ccnc(Br)n3)c(F)c2)n1. The van der Waals surface area contributed by atoms with Crippen LogP contribution in [-0.4, -0.2) is 32.4 Å². The monoisotopic (exact) mass is 459 g/mol. The van der Waals surface area contributed by atoms with Gasteiger partial charge in [0.25, 0.3) is 5.91 Å². The van der Waals surface area contributed by atoms with E-state index in [1.165, 1.54) is 24.5 Å². The van der Waals surface area contributed by atoms with E-state index in [-0.39, 0.29) is 11.6 Å². The highest BCUT2D eigenvalue weighted by molar-refractivity contribution is 9.10. The van der Waals surface area contributed by atoms with Crippen LogP contribution in [0.15, 0.2) is 47.6 Å². The summed E-state index contributed by atoms with van der Waals surface area (Å²) in [6.07, 6.45) is 5.18. The van der Waals surface area contributed by atoms with Gasteiger partial charge in [-0.3, -0.25) is 9.78 Å². The molecule has 0 fully saturated rings. The lowest BCUT2D eigenvalue weighted by Gasteiger charge is -2.17. The lowest BCUT2D eigenvalue weighted by atomic mass is 10.1. The molecule has 0 radical (unpaired) electrons. The number of benzene rings is 1. The first-order valence-corrected chi connectivity index (χ1v) is 9.85. The van der Waals surface area contributed by atoms with Crippen LogP contribution in [0.2, 0.25) is 0 Å². The molecule has 3 aromatic rings. The Balaban J connectivity index is 1.80. The van der Waals surface area contributed by atoms with Crippen molar-refractivity contribution >= 4 is 21.8 Å². The molecule has 0 saturated carbocycles. The number of halogens is 2. The van der Waals surface area contributed by atoms with Crippen LogP contribution in [0.3, 0.4) is 0 Å². The molecule has 1 amide bonds. The van der Waals surface area contributed by atoms with Crippen LogP contribution < -0.4 is 10.1 Å². The molecule has 1 N–H and O–H groups in total. The molecule has 0 aliphatic rings. The van der Waals surface area contributed by atoms with Crippen molar-refractivity contribution in [3.63, 3.8) is 0 Å². The van der Waals surface area contributed by atoms with Crippen molar-refractivity contribution in [3.8, 4) is 17.1 Å². The largest absolute Gasteiger partial charge is 0.477 e. The molecule has 1 atom stereocenters. The van der Waals surface area contributed by atoms with Gasteiger partial charge in [0.15, 0.2) is 4.73 Å². The Morgan fingerprint density at radius 3 is 2.76 bits per heavy atom. The first-order valence-electron chi connectivity index (χ1n) is 9.05. The highest BCUT2D eigenvalue weighted by Gasteiger charge is 2.19. The third kappa shape index (κ3) is 5.11. The summed E-state index contributed by atoms with van der Waals surface area (Å²) in [4.78, 5) is 29.2. The molecule has 2 aromatic heterocycles. The Kier molecular flexibility index (Phi) is 6.82. The van der Waals surface area contributed by atoms with Gasteiger partial charge in [0.2, 0.25) is 5.88 Å². The molecule has 2 heterocycles. The summed E-state index contributed by atoms with van der Waals surface area (Å²) < 4.78 is 20.4. The molecular formula is C20H19BrFN5O2. The number of hydrogen-bond donors (Lipinski definition) is 1. The quantitative estimate of drug-likeness (QED) is 0.534. The van der Waals surface area contributed by atoms with E-state index in [9.17, 15) is 9.18 Å². The van der Waals surface area contributed by atoms with E-state index < -0.39 is 11.7 Å². The van der Waals surface area contributed by atoms with Crippen molar-refractivity contribution in [2.45, 2.75) is 26.3 Å². The Labute approximate surface area is 175 Å². The summed E-state index contributed by atoms with van der Waals surface area (Å²) in [5, 5.41) is 2.81. The maximum atomic E-state index is 14.7. The van der Waals surface area contributed by atoms with E-state index in [0.29, 0.717) is 40.6 Å². The molecule has 150 valence electrons. The number of rotatable bonds is 7. The van der Waals surface area contributed by atoms with Crippen LogP contribution in [0.1, 0.15) is 42.4 Å². The summed E-state index contributed by atoms with van der Waals surface area (Å²) >= 11 is 3.21. The second-order valence-corrected chi connectivity index (χ2v) is 6.76. The van der Waals surface area contributed by atoms with Crippen LogP contribution in [0.4, 0.5) is 4.39 Å². The highest BCUT2D eigenvalue weighted by atomic mass is 79.9. The van der Waals surface area contributed by atoms with Crippen LogP contribution >= 0.6 is 15.9 Å². The van der Waals surface area contributed by atoms with Crippen LogP contribution in [-0.2, 0) is 0 Å². The molecule has 0 bridgehead atoms. The molecule has 3 rings (SSSR count).